The summed E-state index contributed by atoms with van der Waals surface area (Å²) in [5.74, 6) is 2.13. The molecule has 5 heteroatoms. The maximum atomic E-state index is 4.15. The number of rotatable bonds is 0. The Morgan fingerprint density at radius 3 is 3.08 bits per heavy atom. The standard InChI is InChI=1S/C8H13N4.BrH/c1-3-7-4-2-6-12-8(7)11(5-1)9-10-12;/h7H,1-6H2;1H/q+1;/p-1. The van der Waals surface area contributed by atoms with E-state index in [1.54, 1.807) is 0 Å². The molecule has 0 aliphatic carbocycles. The molecule has 0 radical (unpaired) electrons. The second kappa shape index (κ2) is 3.36. The van der Waals surface area contributed by atoms with E-state index in [4.69, 9.17) is 0 Å². The van der Waals surface area contributed by atoms with Crippen molar-refractivity contribution in [3.05, 3.63) is 5.82 Å². The highest BCUT2D eigenvalue weighted by atomic mass is 79.9. The Morgan fingerprint density at radius 1 is 1.31 bits per heavy atom. The van der Waals surface area contributed by atoms with Gasteiger partial charge < -0.3 is 17.0 Å². The fourth-order valence-corrected chi connectivity index (χ4v) is 2.44. The van der Waals surface area contributed by atoms with Gasteiger partial charge in [-0.2, -0.15) is 0 Å². The maximum absolute atomic E-state index is 4.15. The molecule has 0 unspecified atom stereocenters. The molecule has 0 fully saturated rings. The lowest BCUT2D eigenvalue weighted by molar-refractivity contribution is -0.767. The highest BCUT2D eigenvalue weighted by Crippen LogP contribution is 2.29. The van der Waals surface area contributed by atoms with Crippen LogP contribution in [0.15, 0.2) is 0 Å². The fourth-order valence-electron chi connectivity index (χ4n) is 2.44. The number of hydrogen-bond acceptors (Lipinski definition) is 2. The molecule has 1 aromatic rings. The summed E-state index contributed by atoms with van der Waals surface area (Å²) in [6, 6.07) is 0. The molecular formula is C8H13BrN4. The van der Waals surface area contributed by atoms with Gasteiger partial charge in [-0.25, -0.2) is 0 Å². The van der Waals surface area contributed by atoms with Crippen molar-refractivity contribution in [1.29, 1.82) is 0 Å². The summed E-state index contributed by atoms with van der Waals surface area (Å²) in [4.78, 5) is 0. The Kier molecular flexibility index (Phi) is 2.36. The van der Waals surface area contributed by atoms with E-state index in [1.807, 2.05) is 0 Å². The number of halogens is 1. The van der Waals surface area contributed by atoms with Crippen molar-refractivity contribution < 1.29 is 21.7 Å². The SMILES string of the molecule is C1CC2CCC[n+]3nnn(c32)C1.[Br-]. The molecule has 0 saturated heterocycles. The lowest BCUT2D eigenvalue weighted by Gasteiger charge is -2.21. The van der Waals surface area contributed by atoms with E-state index >= 15 is 0 Å². The Labute approximate surface area is 87.7 Å². The van der Waals surface area contributed by atoms with E-state index in [0.29, 0.717) is 0 Å². The molecule has 0 spiro atoms. The molecule has 0 amide bonds. The summed E-state index contributed by atoms with van der Waals surface area (Å²) in [6.45, 7) is 2.15. The first-order chi connectivity index (χ1) is 5.95. The third kappa shape index (κ3) is 1.29. The number of hydrogen-bond donors (Lipinski definition) is 0. The topological polar surface area (TPSA) is 34.6 Å². The lowest BCUT2D eigenvalue weighted by atomic mass is 9.92. The minimum Gasteiger partial charge on any atom is -1.00 e. The monoisotopic (exact) mass is 244 g/mol. The number of aryl methyl sites for hydroxylation is 2. The number of tetrazole rings is 1. The van der Waals surface area contributed by atoms with Crippen LogP contribution in [0, 0.1) is 0 Å². The van der Waals surface area contributed by atoms with Crippen molar-refractivity contribution in [1.82, 2.24) is 15.1 Å². The second-order valence-electron chi connectivity index (χ2n) is 3.76. The molecule has 72 valence electrons. The Balaban J connectivity index is 0.000000653. The minimum absolute atomic E-state index is 0. The minimum atomic E-state index is 0. The third-order valence-corrected chi connectivity index (χ3v) is 2.99. The van der Waals surface area contributed by atoms with Crippen molar-refractivity contribution in [2.75, 3.05) is 0 Å². The quantitative estimate of drug-likeness (QED) is 0.464. The predicted molar refractivity (Wildman–Crippen MR) is 41.4 cm³/mol. The summed E-state index contributed by atoms with van der Waals surface area (Å²) in [6.07, 6.45) is 5.24. The highest BCUT2D eigenvalue weighted by molar-refractivity contribution is 4.92. The van der Waals surface area contributed by atoms with Gasteiger partial charge in [-0.1, -0.05) is 4.68 Å². The van der Waals surface area contributed by atoms with Crippen LogP contribution >= 0.6 is 0 Å². The van der Waals surface area contributed by atoms with Crippen molar-refractivity contribution in [2.45, 2.75) is 44.7 Å². The molecule has 0 atom stereocenters. The molecule has 0 N–H and O–H groups in total. The van der Waals surface area contributed by atoms with Crippen LogP contribution in [0.25, 0.3) is 0 Å². The van der Waals surface area contributed by atoms with E-state index in [9.17, 15) is 0 Å². The van der Waals surface area contributed by atoms with Gasteiger partial charge in [-0.15, -0.1) is 4.68 Å². The third-order valence-electron chi connectivity index (χ3n) is 2.99. The molecule has 0 bridgehead atoms. The van der Waals surface area contributed by atoms with E-state index in [-0.39, 0.29) is 17.0 Å². The van der Waals surface area contributed by atoms with E-state index in [1.165, 1.54) is 31.5 Å². The zero-order chi connectivity index (χ0) is 7.97. The van der Waals surface area contributed by atoms with E-state index < -0.39 is 0 Å². The van der Waals surface area contributed by atoms with Gasteiger partial charge in [0.15, 0.2) is 5.21 Å². The molecule has 2 aliphatic heterocycles. The van der Waals surface area contributed by atoms with Gasteiger partial charge in [0.05, 0.1) is 12.5 Å². The maximum Gasteiger partial charge on any atom is 0.260 e. The zero-order valence-electron chi connectivity index (χ0n) is 7.49. The van der Waals surface area contributed by atoms with Crippen LogP contribution in [0.1, 0.15) is 37.4 Å². The van der Waals surface area contributed by atoms with Crippen LogP contribution in [-0.4, -0.2) is 15.1 Å². The smallest absolute Gasteiger partial charge is 0.260 e. The van der Waals surface area contributed by atoms with Gasteiger partial charge in [-0.05, 0) is 25.7 Å². The van der Waals surface area contributed by atoms with Crippen molar-refractivity contribution >= 4 is 0 Å². The highest BCUT2D eigenvalue weighted by Gasteiger charge is 2.34. The van der Waals surface area contributed by atoms with Gasteiger partial charge in [0.25, 0.3) is 5.82 Å². The van der Waals surface area contributed by atoms with Crippen LogP contribution < -0.4 is 21.7 Å². The number of nitrogens with zero attached hydrogens (tertiary/aromatic N) is 4. The zero-order valence-corrected chi connectivity index (χ0v) is 9.07. The van der Waals surface area contributed by atoms with Crippen molar-refractivity contribution in [3.8, 4) is 0 Å². The first-order valence-corrected chi connectivity index (χ1v) is 4.78. The van der Waals surface area contributed by atoms with E-state index in [0.717, 1.165) is 19.0 Å². The molecule has 3 rings (SSSR count). The molecule has 2 aliphatic rings. The van der Waals surface area contributed by atoms with Gasteiger partial charge in [0.1, 0.15) is 11.8 Å². The van der Waals surface area contributed by atoms with Gasteiger partial charge in [-0.3, -0.25) is 0 Å². The molecular weight excluding hydrogens is 232 g/mol. The molecule has 0 aromatic carbocycles. The summed E-state index contributed by atoms with van der Waals surface area (Å²) >= 11 is 0. The van der Waals surface area contributed by atoms with Crippen molar-refractivity contribution in [2.24, 2.45) is 0 Å². The molecule has 1 aromatic heterocycles. The Hall–Kier alpha value is -0.450. The number of aromatic nitrogens is 4. The largest absolute Gasteiger partial charge is 1.00 e. The van der Waals surface area contributed by atoms with Gasteiger partial charge in [0, 0.05) is 0 Å². The molecule has 4 nitrogen and oxygen atoms in total. The van der Waals surface area contributed by atoms with Crippen LogP contribution in [0.3, 0.4) is 0 Å². The normalized spacial score (nSPS) is 24.8. The first kappa shape index (κ1) is 9.12. The van der Waals surface area contributed by atoms with Crippen LogP contribution in [0.4, 0.5) is 0 Å². The summed E-state index contributed by atoms with van der Waals surface area (Å²) in [5.41, 5.74) is 0. The summed E-state index contributed by atoms with van der Waals surface area (Å²) < 4.78 is 4.18. The molecule has 13 heavy (non-hydrogen) atoms. The van der Waals surface area contributed by atoms with Crippen LogP contribution in [-0.2, 0) is 13.1 Å². The predicted octanol–water partition coefficient (Wildman–Crippen LogP) is -2.76. The van der Waals surface area contributed by atoms with Gasteiger partial charge >= 0.3 is 0 Å². The average Bonchev–Trinajstić information content (AvgIpc) is 2.52. The molecule has 3 heterocycles. The average molecular weight is 245 g/mol. The first-order valence-electron chi connectivity index (χ1n) is 4.78. The lowest BCUT2D eigenvalue weighted by Crippen LogP contribution is -3.00. The van der Waals surface area contributed by atoms with Crippen LogP contribution in [0.2, 0.25) is 0 Å². The van der Waals surface area contributed by atoms with Gasteiger partial charge in [0.2, 0.25) is 0 Å². The van der Waals surface area contributed by atoms with Crippen molar-refractivity contribution in [3.63, 3.8) is 0 Å². The summed E-state index contributed by atoms with van der Waals surface area (Å²) in [5, 5.41) is 8.30. The Bertz CT molecular complexity index is 282. The summed E-state index contributed by atoms with van der Waals surface area (Å²) in [7, 11) is 0. The molecule has 0 saturated carbocycles. The second-order valence-corrected chi connectivity index (χ2v) is 3.76. The van der Waals surface area contributed by atoms with Crippen LogP contribution in [0.5, 0.6) is 0 Å². The fraction of sp³-hybridized carbons (Fsp3) is 0.875. The Morgan fingerprint density at radius 2 is 2.15 bits per heavy atom. The van der Waals surface area contributed by atoms with E-state index in [2.05, 4.69) is 19.8 Å².